The average molecular weight is 664 g/mol. The Balaban J connectivity index is 1.27. The Morgan fingerprint density at radius 2 is 1.93 bits per heavy atom. The molecule has 2 fully saturated rings. The zero-order valence-electron chi connectivity index (χ0n) is 25.4. The molecule has 3 aromatic heterocycles. The molecule has 248 valence electrons. The Labute approximate surface area is 264 Å². The number of rotatable bonds is 6. The van der Waals surface area contributed by atoms with Crippen molar-refractivity contribution in [3.8, 4) is 11.7 Å². The number of aromatic nitrogens is 4. The van der Waals surface area contributed by atoms with Crippen LogP contribution >= 0.6 is 0 Å². The molecule has 6 rings (SSSR count). The molecule has 12 nitrogen and oxygen atoms in total. The first-order valence-electron chi connectivity index (χ1n) is 15.2. The van der Waals surface area contributed by atoms with Crippen molar-refractivity contribution >= 4 is 27.6 Å². The molecule has 1 aliphatic carbocycles. The third-order valence-electron chi connectivity index (χ3n) is 8.95. The summed E-state index contributed by atoms with van der Waals surface area (Å²) in [6.45, 7) is 4.92. The minimum atomic E-state index is -4.37. The number of aliphatic hydroxyl groups is 1. The summed E-state index contributed by atoms with van der Waals surface area (Å²) in [5.74, 6) is 0.471. The van der Waals surface area contributed by atoms with E-state index in [2.05, 4.69) is 20.1 Å². The maximum Gasteiger partial charge on any atom is 0.394 e. The molecule has 3 aliphatic rings. The van der Waals surface area contributed by atoms with Crippen molar-refractivity contribution in [3.63, 3.8) is 0 Å². The van der Waals surface area contributed by atoms with Crippen molar-refractivity contribution in [1.82, 2.24) is 24.5 Å². The number of hydrogen-bond donors (Lipinski definition) is 3. The highest BCUT2D eigenvalue weighted by molar-refractivity contribution is 7.90. The van der Waals surface area contributed by atoms with Gasteiger partial charge in [0.1, 0.15) is 18.2 Å². The van der Waals surface area contributed by atoms with Crippen LogP contribution < -0.4 is 19.7 Å². The Bertz CT molecular complexity index is 1730. The molecule has 4 bridgehead atoms. The highest BCUT2D eigenvalue weighted by Gasteiger charge is 2.63. The van der Waals surface area contributed by atoms with Crippen LogP contribution in [0.15, 0.2) is 47.6 Å². The van der Waals surface area contributed by atoms with Gasteiger partial charge in [0.2, 0.25) is 5.88 Å². The smallest absolute Gasteiger partial charge is 0.394 e. The Morgan fingerprint density at radius 1 is 1.15 bits per heavy atom. The molecule has 0 radical (unpaired) electrons. The second-order valence-corrected chi connectivity index (χ2v) is 14.6. The first-order valence-corrected chi connectivity index (χ1v) is 16.6. The Morgan fingerprint density at radius 3 is 2.67 bits per heavy atom. The fourth-order valence-corrected chi connectivity index (χ4v) is 7.29. The zero-order chi connectivity index (χ0) is 32.9. The number of anilines is 2. The third-order valence-corrected chi connectivity index (χ3v) is 10.2. The lowest BCUT2D eigenvalue weighted by molar-refractivity contribution is -0.195. The summed E-state index contributed by atoms with van der Waals surface area (Å²) in [6.07, 6.45) is -2.07. The molecular weight excluding hydrogens is 627 g/mol. The van der Waals surface area contributed by atoms with Gasteiger partial charge in [-0.05, 0) is 82.6 Å². The highest BCUT2D eigenvalue weighted by Crippen LogP contribution is 2.60. The molecule has 2 aliphatic heterocycles. The summed E-state index contributed by atoms with van der Waals surface area (Å²) in [6, 6.07) is 9.02. The van der Waals surface area contributed by atoms with E-state index >= 15 is 0 Å². The van der Waals surface area contributed by atoms with Gasteiger partial charge < -0.3 is 20.1 Å². The second-order valence-electron chi connectivity index (χ2n) is 12.9. The summed E-state index contributed by atoms with van der Waals surface area (Å²) in [5.41, 5.74) is -2.21. The Hall–Kier alpha value is -3.92. The van der Waals surface area contributed by atoms with Crippen LogP contribution in [0.3, 0.4) is 0 Å². The average Bonchev–Trinajstić information content (AvgIpc) is 3.51. The van der Waals surface area contributed by atoms with Gasteiger partial charge in [-0.2, -0.15) is 21.6 Å². The zero-order valence-corrected chi connectivity index (χ0v) is 26.2. The van der Waals surface area contributed by atoms with E-state index in [4.69, 9.17) is 9.72 Å². The van der Waals surface area contributed by atoms with E-state index in [0.717, 1.165) is 19.3 Å². The number of nitrogens with one attached hydrogen (secondary N) is 2. The van der Waals surface area contributed by atoms with Crippen LogP contribution in [0, 0.1) is 11.3 Å². The molecule has 0 aromatic carbocycles. The minimum absolute atomic E-state index is 0.00795. The number of alkyl halides is 3. The minimum Gasteiger partial charge on any atom is -0.474 e. The number of amides is 1. The fourth-order valence-electron chi connectivity index (χ4n) is 6.36. The second kappa shape index (κ2) is 11.7. The number of fused-ring (bicyclic) bond motifs is 6. The summed E-state index contributed by atoms with van der Waals surface area (Å²) < 4.78 is 75.2. The van der Waals surface area contributed by atoms with Gasteiger partial charge in [-0.1, -0.05) is 6.07 Å². The molecule has 2 atom stereocenters. The largest absolute Gasteiger partial charge is 0.474 e. The SMILES string of the molecule is CC1(C)C[C@@H]2CCCNc3cccc(n3)S(=O)(=O)NC(=O)c3ccc(-n4ccc(OCC(O)CC5(C(F)(F)F)CC5)n4)nc3N1C2. The van der Waals surface area contributed by atoms with Crippen molar-refractivity contribution < 1.29 is 36.2 Å². The van der Waals surface area contributed by atoms with Gasteiger partial charge >= 0.3 is 6.18 Å². The van der Waals surface area contributed by atoms with Gasteiger partial charge in [-0.15, -0.1) is 5.10 Å². The molecule has 0 spiro atoms. The van der Waals surface area contributed by atoms with E-state index in [1.54, 1.807) is 12.1 Å². The number of sulfonamides is 1. The molecule has 46 heavy (non-hydrogen) atoms. The van der Waals surface area contributed by atoms with Crippen LogP contribution in [0.4, 0.5) is 24.8 Å². The van der Waals surface area contributed by atoms with E-state index in [0.29, 0.717) is 24.7 Å². The van der Waals surface area contributed by atoms with Gasteiger partial charge in [-0.3, -0.25) is 4.79 Å². The van der Waals surface area contributed by atoms with Gasteiger partial charge in [0.15, 0.2) is 10.8 Å². The quantitative estimate of drug-likeness (QED) is 0.352. The fraction of sp³-hybridized carbons (Fsp3) is 0.533. The maximum absolute atomic E-state index is 13.6. The van der Waals surface area contributed by atoms with Crippen LogP contribution in [-0.4, -0.2) is 76.7 Å². The lowest BCUT2D eigenvalue weighted by Crippen LogP contribution is -2.41. The van der Waals surface area contributed by atoms with E-state index in [1.165, 1.54) is 35.1 Å². The van der Waals surface area contributed by atoms with Gasteiger partial charge in [0.25, 0.3) is 15.9 Å². The first-order chi connectivity index (χ1) is 21.7. The number of halogens is 3. The van der Waals surface area contributed by atoms with Gasteiger partial charge in [0, 0.05) is 30.9 Å². The number of carbonyl (C=O) groups is 1. The number of nitrogens with zero attached hydrogens (tertiary/aromatic N) is 5. The Kier molecular flexibility index (Phi) is 8.15. The van der Waals surface area contributed by atoms with Crippen molar-refractivity contribution in [1.29, 1.82) is 0 Å². The third kappa shape index (κ3) is 6.49. The number of hydrogen-bond acceptors (Lipinski definition) is 10. The van der Waals surface area contributed by atoms with E-state index < -0.39 is 45.6 Å². The van der Waals surface area contributed by atoms with Crippen LogP contribution in [0.5, 0.6) is 5.88 Å². The predicted octanol–water partition coefficient (Wildman–Crippen LogP) is 4.06. The van der Waals surface area contributed by atoms with Crippen LogP contribution in [0.25, 0.3) is 5.82 Å². The molecule has 1 amide bonds. The summed E-state index contributed by atoms with van der Waals surface area (Å²) in [5, 5.41) is 17.4. The predicted molar refractivity (Wildman–Crippen MR) is 161 cm³/mol. The van der Waals surface area contributed by atoms with Crippen molar-refractivity contribution in [2.45, 2.75) is 75.2 Å². The molecular formula is C30H36F3N7O5S. The van der Waals surface area contributed by atoms with E-state index in [1.807, 2.05) is 18.7 Å². The van der Waals surface area contributed by atoms with Crippen LogP contribution in [-0.2, 0) is 10.0 Å². The van der Waals surface area contributed by atoms with Crippen LogP contribution in [0.2, 0.25) is 0 Å². The number of ether oxygens (including phenoxy) is 1. The molecule has 1 saturated heterocycles. The van der Waals surface area contributed by atoms with E-state index in [9.17, 15) is 31.5 Å². The molecule has 1 unspecified atom stereocenters. The number of aliphatic hydroxyl groups excluding tert-OH is 1. The normalized spacial score (nSPS) is 22.4. The molecule has 16 heteroatoms. The van der Waals surface area contributed by atoms with E-state index in [-0.39, 0.29) is 47.7 Å². The summed E-state index contributed by atoms with van der Waals surface area (Å²) in [7, 11) is -4.32. The monoisotopic (exact) mass is 663 g/mol. The first kappa shape index (κ1) is 32.0. The number of pyridine rings is 2. The maximum atomic E-state index is 13.6. The lowest BCUT2D eigenvalue weighted by atomic mass is 9.93. The standard InChI is InChI=1S/C30H36F3N7O5S/c1-28(2)15-19-5-4-13-34-22-6-3-7-25(35-22)46(43,44)38-27(42)21-8-9-23(36-26(21)39(28)17-19)40-14-10-24(37-40)45-18-20(41)16-29(11-12-29)30(31,32)33/h3,6-10,14,19-20,41H,4-5,11-13,15-18H2,1-2H3,(H,34,35)(H,38,42)/t19-,20?/m0/s1. The number of carbonyl (C=O) groups excluding carboxylic acids is 1. The molecule has 3 aromatic rings. The lowest BCUT2D eigenvalue weighted by Gasteiger charge is -2.34. The molecule has 1 saturated carbocycles. The van der Waals surface area contributed by atoms with Crippen LogP contribution in [0.1, 0.15) is 62.7 Å². The van der Waals surface area contributed by atoms with Gasteiger partial charge in [0.05, 0.1) is 17.1 Å². The highest BCUT2D eigenvalue weighted by atomic mass is 32.2. The summed E-state index contributed by atoms with van der Waals surface area (Å²) >= 11 is 0. The topological polar surface area (TPSA) is 152 Å². The van der Waals surface area contributed by atoms with Crippen molar-refractivity contribution in [2.24, 2.45) is 11.3 Å². The van der Waals surface area contributed by atoms with Gasteiger partial charge in [-0.25, -0.2) is 19.4 Å². The molecule has 3 N–H and O–H groups in total. The van der Waals surface area contributed by atoms with Crippen molar-refractivity contribution in [3.05, 3.63) is 48.2 Å². The molecule has 5 heterocycles. The summed E-state index contributed by atoms with van der Waals surface area (Å²) in [4.78, 5) is 24.5. The van der Waals surface area contributed by atoms with Crippen molar-refractivity contribution in [2.75, 3.05) is 29.9 Å².